The van der Waals surface area contributed by atoms with Gasteiger partial charge in [-0.2, -0.15) is 0 Å². The minimum absolute atomic E-state index is 0.104. The number of benzene rings is 1. The zero-order valence-electron chi connectivity index (χ0n) is 9.67. The van der Waals surface area contributed by atoms with E-state index in [1.807, 2.05) is 6.07 Å². The van der Waals surface area contributed by atoms with Crippen molar-refractivity contribution in [3.8, 4) is 0 Å². The van der Waals surface area contributed by atoms with Crippen LogP contribution in [-0.4, -0.2) is 29.6 Å². The van der Waals surface area contributed by atoms with Crippen LogP contribution in [-0.2, 0) is 9.59 Å². The fourth-order valence-electron chi connectivity index (χ4n) is 1.43. The number of carbonyl (C=O) groups excluding carboxylic acids is 1. The fourth-order valence-corrected chi connectivity index (χ4v) is 1.43. The molecule has 0 heterocycles. The number of rotatable bonds is 5. The Labute approximate surface area is 99.8 Å². The first-order valence-corrected chi connectivity index (χ1v) is 5.36. The molecular weight excluding hydrogens is 220 g/mol. The number of carboxylic acids is 1. The normalized spacial score (nSPS) is 11.9. The summed E-state index contributed by atoms with van der Waals surface area (Å²) in [6.07, 6.45) is -0.104. The van der Waals surface area contributed by atoms with Crippen LogP contribution < -0.4 is 10.6 Å². The van der Waals surface area contributed by atoms with Gasteiger partial charge in [0.1, 0.15) is 0 Å². The Morgan fingerprint density at radius 3 is 2.41 bits per heavy atom. The van der Waals surface area contributed by atoms with Gasteiger partial charge in [-0.1, -0.05) is 18.2 Å². The summed E-state index contributed by atoms with van der Waals surface area (Å²) in [6, 6.07) is 8.26. The number of carboxylic acid groups (broad SMARTS) is 1. The molecule has 5 nitrogen and oxygen atoms in total. The van der Waals surface area contributed by atoms with E-state index >= 15 is 0 Å². The molecule has 92 valence electrons. The maximum Gasteiger partial charge on any atom is 0.305 e. The quantitative estimate of drug-likeness (QED) is 0.793. The van der Waals surface area contributed by atoms with E-state index in [4.69, 9.17) is 10.8 Å². The van der Waals surface area contributed by atoms with E-state index in [0.717, 1.165) is 0 Å². The zero-order chi connectivity index (χ0) is 12.8. The van der Waals surface area contributed by atoms with Gasteiger partial charge in [-0.25, -0.2) is 0 Å². The summed E-state index contributed by atoms with van der Waals surface area (Å²) in [6.45, 7) is 1.71. The SMILES string of the molecule is C[C@H](N)C(=O)N(CCC(=O)O)c1ccccc1. The van der Waals surface area contributed by atoms with Crippen LogP contribution in [0.3, 0.4) is 0 Å². The lowest BCUT2D eigenvalue weighted by Gasteiger charge is -2.23. The first kappa shape index (κ1) is 13.2. The van der Waals surface area contributed by atoms with Crippen LogP contribution in [0.2, 0.25) is 0 Å². The third-order valence-corrected chi connectivity index (χ3v) is 2.27. The number of nitrogens with two attached hydrogens (primary N) is 1. The lowest BCUT2D eigenvalue weighted by Crippen LogP contribution is -2.43. The summed E-state index contributed by atoms with van der Waals surface area (Å²) in [4.78, 5) is 23.8. The van der Waals surface area contributed by atoms with Gasteiger partial charge >= 0.3 is 5.97 Å². The summed E-state index contributed by atoms with van der Waals surface area (Å²) < 4.78 is 0. The molecule has 1 aromatic carbocycles. The van der Waals surface area contributed by atoms with E-state index in [9.17, 15) is 9.59 Å². The minimum atomic E-state index is -0.941. The third-order valence-electron chi connectivity index (χ3n) is 2.27. The van der Waals surface area contributed by atoms with Crippen molar-refractivity contribution < 1.29 is 14.7 Å². The van der Waals surface area contributed by atoms with E-state index in [0.29, 0.717) is 5.69 Å². The van der Waals surface area contributed by atoms with Gasteiger partial charge in [-0.05, 0) is 19.1 Å². The van der Waals surface area contributed by atoms with Gasteiger partial charge in [0.15, 0.2) is 0 Å². The molecule has 17 heavy (non-hydrogen) atoms. The van der Waals surface area contributed by atoms with E-state index in [1.165, 1.54) is 4.90 Å². The molecule has 0 bridgehead atoms. The van der Waals surface area contributed by atoms with Crippen molar-refractivity contribution in [2.24, 2.45) is 5.73 Å². The zero-order valence-corrected chi connectivity index (χ0v) is 9.67. The second kappa shape index (κ2) is 6.00. The summed E-state index contributed by atoms with van der Waals surface area (Å²) in [5.74, 6) is -1.22. The van der Waals surface area contributed by atoms with E-state index in [2.05, 4.69) is 0 Å². The predicted octanol–water partition coefficient (Wildman–Crippen LogP) is 0.842. The highest BCUT2D eigenvalue weighted by Crippen LogP contribution is 2.14. The molecule has 5 heteroatoms. The number of hydrogen-bond donors (Lipinski definition) is 2. The van der Waals surface area contributed by atoms with Gasteiger partial charge in [-0.3, -0.25) is 9.59 Å². The minimum Gasteiger partial charge on any atom is -0.481 e. The van der Waals surface area contributed by atoms with Gasteiger partial charge in [0.25, 0.3) is 0 Å². The van der Waals surface area contributed by atoms with Gasteiger partial charge in [0, 0.05) is 12.2 Å². The number of hydrogen-bond acceptors (Lipinski definition) is 3. The molecule has 0 aliphatic heterocycles. The summed E-state index contributed by atoms with van der Waals surface area (Å²) >= 11 is 0. The Morgan fingerprint density at radius 2 is 1.94 bits per heavy atom. The van der Waals surface area contributed by atoms with Gasteiger partial charge in [-0.15, -0.1) is 0 Å². The van der Waals surface area contributed by atoms with Crippen molar-refractivity contribution in [3.05, 3.63) is 30.3 Å². The van der Waals surface area contributed by atoms with Crippen molar-refractivity contribution in [2.45, 2.75) is 19.4 Å². The monoisotopic (exact) mass is 236 g/mol. The second-order valence-corrected chi connectivity index (χ2v) is 3.76. The first-order valence-electron chi connectivity index (χ1n) is 5.36. The summed E-state index contributed by atoms with van der Waals surface area (Å²) in [5.41, 5.74) is 6.20. The number of para-hydroxylation sites is 1. The molecule has 1 atom stereocenters. The predicted molar refractivity (Wildman–Crippen MR) is 64.7 cm³/mol. The highest BCUT2D eigenvalue weighted by molar-refractivity contribution is 5.97. The number of amides is 1. The molecule has 0 aliphatic rings. The molecule has 1 rings (SSSR count). The van der Waals surface area contributed by atoms with Crippen molar-refractivity contribution in [2.75, 3.05) is 11.4 Å². The van der Waals surface area contributed by atoms with Gasteiger partial charge in [0.05, 0.1) is 12.5 Å². The van der Waals surface area contributed by atoms with E-state index < -0.39 is 12.0 Å². The lowest BCUT2D eigenvalue weighted by molar-refractivity contribution is -0.136. The smallest absolute Gasteiger partial charge is 0.305 e. The molecule has 0 aromatic heterocycles. The van der Waals surface area contributed by atoms with Crippen LogP contribution >= 0.6 is 0 Å². The largest absolute Gasteiger partial charge is 0.481 e. The number of aliphatic carboxylic acids is 1. The van der Waals surface area contributed by atoms with Crippen LogP contribution in [0.1, 0.15) is 13.3 Å². The van der Waals surface area contributed by atoms with Crippen molar-refractivity contribution in [1.29, 1.82) is 0 Å². The number of carbonyl (C=O) groups is 2. The lowest BCUT2D eigenvalue weighted by atomic mass is 10.2. The maximum absolute atomic E-state index is 11.9. The average molecular weight is 236 g/mol. The third kappa shape index (κ3) is 3.88. The molecule has 0 fully saturated rings. The maximum atomic E-state index is 11.9. The van der Waals surface area contributed by atoms with E-state index in [-0.39, 0.29) is 18.9 Å². The molecule has 1 aromatic rings. The average Bonchev–Trinajstić information content (AvgIpc) is 2.30. The highest BCUT2D eigenvalue weighted by Gasteiger charge is 2.19. The Bertz CT molecular complexity index is 390. The topological polar surface area (TPSA) is 83.6 Å². The molecule has 0 radical (unpaired) electrons. The van der Waals surface area contributed by atoms with Crippen molar-refractivity contribution >= 4 is 17.6 Å². The Hall–Kier alpha value is -1.88. The van der Waals surface area contributed by atoms with Crippen LogP contribution in [0.4, 0.5) is 5.69 Å². The van der Waals surface area contributed by atoms with Crippen LogP contribution in [0.15, 0.2) is 30.3 Å². The van der Waals surface area contributed by atoms with Gasteiger partial charge in [0.2, 0.25) is 5.91 Å². The Balaban J connectivity index is 2.86. The molecule has 0 spiro atoms. The summed E-state index contributed by atoms with van der Waals surface area (Å²) in [5, 5.41) is 8.66. The number of anilines is 1. The fraction of sp³-hybridized carbons (Fsp3) is 0.333. The highest BCUT2D eigenvalue weighted by atomic mass is 16.4. The number of nitrogens with zero attached hydrogens (tertiary/aromatic N) is 1. The molecule has 0 saturated carbocycles. The van der Waals surface area contributed by atoms with Crippen LogP contribution in [0.25, 0.3) is 0 Å². The van der Waals surface area contributed by atoms with Crippen LogP contribution in [0, 0.1) is 0 Å². The van der Waals surface area contributed by atoms with Crippen LogP contribution in [0.5, 0.6) is 0 Å². The molecule has 0 saturated heterocycles. The van der Waals surface area contributed by atoms with Crippen molar-refractivity contribution in [3.63, 3.8) is 0 Å². The Kier molecular flexibility index (Phi) is 4.66. The van der Waals surface area contributed by atoms with E-state index in [1.54, 1.807) is 31.2 Å². The second-order valence-electron chi connectivity index (χ2n) is 3.76. The molecule has 0 aliphatic carbocycles. The van der Waals surface area contributed by atoms with Gasteiger partial charge < -0.3 is 15.7 Å². The Morgan fingerprint density at radius 1 is 1.35 bits per heavy atom. The molecular formula is C12H16N2O3. The van der Waals surface area contributed by atoms with Crippen molar-refractivity contribution in [1.82, 2.24) is 0 Å². The molecule has 3 N–H and O–H groups in total. The first-order chi connectivity index (χ1) is 8.02. The summed E-state index contributed by atoms with van der Waals surface area (Å²) in [7, 11) is 0. The standard InChI is InChI=1S/C12H16N2O3/c1-9(13)12(17)14(8-7-11(15)16)10-5-3-2-4-6-10/h2-6,9H,7-8,13H2,1H3,(H,15,16)/t9-/m0/s1. The molecule has 1 amide bonds. The molecule has 0 unspecified atom stereocenters.